The summed E-state index contributed by atoms with van der Waals surface area (Å²) in [6.07, 6.45) is 9.68. The molecule has 0 aromatic rings. The molecule has 1 heterocycles. The Kier molecular flexibility index (Phi) is 5.59. The molecule has 1 aliphatic carbocycles. The Balaban J connectivity index is 1.29. The van der Waals surface area contributed by atoms with E-state index in [9.17, 15) is 0 Å². The summed E-state index contributed by atoms with van der Waals surface area (Å²) in [6, 6.07) is 0.861. The molecular formula is C13H26N2O. The van der Waals surface area contributed by atoms with Crippen LogP contribution in [0.15, 0.2) is 0 Å². The third-order valence-corrected chi connectivity index (χ3v) is 3.44. The van der Waals surface area contributed by atoms with Crippen LogP contribution < -0.4 is 10.6 Å². The molecule has 0 aromatic carbocycles. The maximum atomic E-state index is 5.59. The molecule has 0 aromatic heterocycles. The number of ether oxygens (including phenoxy) is 1. The molecule has 0 bridgehead atoms. The van der Waals surface area contributed by atoms with Crippen molar-refractivity contribution in [3.05, 3.63) is 0 Å². The van der Waals surface area contributed by atoms with Gasteiger partial charge in [-0.25, -0.2) is 0 Å². The topological polar surface area (TPSA) is 33.3 Å². The molecule has 94 valence electrons. The van der Waals surface area contributed by atoms with E-state index in [4.69, 9.17) is 4.74 Å². The molecule has 1 saturated heterocycles. The van der Waals surface area contributed by atoms with Crippen molar-refractivity contribution in [3.8, 4) is 0 Å². The van der Waals surface area contributed by atoms with Gasteiger partial charge in [-0.3, -0.25) is 0 Å². The molecule has 16 heavy (non-hydrogen) atoms. The fraction of sp³-hybridized carbons (Fsp3) is 1.00. The Morgan fingerprint density at radius 3 is 2.62 bits per heavy atom. The van der Waals surface area contributed by atoms with Gasteiger partial charge < -0.3 is 15.4 Å². The van der Waals surface area contributed by atoms with E-state index in [0.29, 0.717) is 6.10 Å². The molecule has 1 atom stereocenters. The number of hydrogen-bond acceptors (Lipinski definition) is 3. The zero-order chi connectivity index (χ0) is 11.1. The monoisotopic (exact) mass is 226 g/mol. The SMILES string of the molecule is C(CNCCCC1CCCO1)CNC1CC1. The second kappa shape index (κ2) is 7.25. The minimum absolute atomic E-state index is 0.568. The van der Waals surface area contributed by atoms with Gasteiger partial charge >= 0.3 is 0 Å². The number of nitrogens with one attached hydrogen (secondary N) is 2. The molecule has 3 nitrogen and oxygen atoms in total. The van der Waals surface area contributed by atoms with E-state index >= 15 is 0 Å². The minimum Gasteiger partial charge on any atom is -0.378 e. The van der Waals surface area contributed by atoms with Crippen molar-refractivity contribution in [3.63, 3.8) is 0 Å². The van der Waals surface area contributed by atoms with E-state index < -0.39 is 0 Å². The first kappa shape index (κ1) is 12.3. The van der Waals surface area contributed by atoms with Gasteiger partial charge in [-0.1, -0.05) is 0 Å². The van der Waals surface area contributed by atoms with E-state index in [-0.39, 0.29) is 0 Å². The second-order valence-corrected chi connectivity index (χ2v) is 5.11. The number of rotatable bonds is 9. The molecule has 0 spiro atoms. The second-order valence-electron chi connectivity index (χ2n) is 5.11. The quantitative estimate of drug-likeness (QED) is 0.587. The molecule has 2 N–H and O–H groups in total. The van der Waals surface area contributed by atoms with Crippen LogP contribution in [0.4, 0.5) is 0 Å². The van der Waals surface area contributed by atoms with Crippen LogP contribution >= 0.6 is 0 Å². The van der Waals surface area contributed by atoms with Gasteiger partial charge in [0.25, 0.3) is 0 Å². The zero-order valence-electron chi connectivity index (χ0n) is 10.3. The molecule has 2 rings (SSSR count). The summed E-state index contributed by atoms with van der Waals surface area (Å²) in [5, 5.41) is 7.04. The van der Waals surface area contributed by atoms with Crippen molar-refractivity contribution in [2.24, 2.45) is 0 Å². The van der Waals surface area contributed by atoms with Crippen LogP contribution in [0.5, 0.6) is 0 Å². The summed E-state index contributed by atoms with van der Waals surface area (Å²) < 4.78 is 5.59. The summed E-state index contributed by atoms with van der Waals surface area (Å²) in [5.41, 5.74) is 0. The average Bonchev–Trinajstić information content (AvgIpc) is 2.97. The zero-order valence-corrected chi connectivity index (χ0v) is 10.3. The lowest BCUT2D eigenvalue weighted by Crippen LogP contribution is -2.24. The van der Waals surface area contributed by atoms with Gasteiger partial charge in [0.2, 0.25) is 0 Å². The van der Waals surface area contributed by atoms with Crippen LogP contribution in [-0.4, -0.2) is 38.4 Å². The molecule has 3 heteroatoms. The summed E-state index contributed by atoms with van der Waals surface area (Å²) in [4.78, 5) is 0. The van der Waals surface area contributed by atoms with Crippen LogP contribution in [0.25, 0.3) is 0 Å². The average molecular weight is 226 g/mol. The van der Waals surface area contributed by atoms with Crippen LogP contribution in [-0.2, 0) is 4.74 Å². The van der Waals surface area contributed by atoms with Crippen LogP contribution in [0, 0.1) is 0 Å². The third kappa shape index (κ3) is 5.28. The Bertz CT molecular complexity index is 177. The lowest BCUT2D eigenvalue weighted by Gasteiger charge is -2.09. The van der Waals surface area contributed by atoms with E-state index in [1.165, 1.54) is 51.5 Å². The molecule has 2 aliphatic rings. The number of hydrogen-bond donors (Lipinski definition) is 2. The van der Waals surface area contributed by atoms with Gasteiger partial charge in [-0.05, 0) is 64.6 Å². The van der Waals surface area contributed by atoms with Crippen molar-refractivity contribution < 1.29 is 4.74 Å². The van der Waals surface area contributed by atoms with E-state index in [1.807, 2.05) is 0 Å². The van der Waals surface area contributed by atoms with Gasteiger partial charge in [-0.2, -0.15) is 0 Å². The highest BCUT2D eigenvalue weighted by atomic mass is 16.5. The summed E-state index contributed by atoms with van der Waals surface area (Å²) in [7, 11) is 0. The molecule has 2 fully saturated rings. The molecule has 0 amide bonds. The minimum atomic E-state index is 0.568. The van der Waals surface area contributed by atoms with E-state index in [1.54, 1.807) is 0 Å². The fourth-order valence-electron chi connectivity index (χ4n) is 2.26. The third-order valence-electron chi connectivity index (χ3n) is 3.44. The van der Waals surface area contributed by atoms with Gasteiger partial charge in [0.1, 0.15) is 0 Å². The normalized spacial score (nSPS) is 25.1. The predicted octanol–water partition coefficient (Wildman–Crippen LogP) is 1.68. The Morgan fingerprint density at radius 1 is 1.00 bits per heavy atom. The van der Waals surface area contributed by atoms with Crippen molar-refractivity contribution in [1.29, 1.82) is 0 Å². The highest BCUT2D eigenvalue weighted by molar-refractivity contribution is 4.80. The van der Waals surface area contributed by atoms with Crippen molar-refractivity contribution >= 4 is 0 Å². The highest BCUT2D eigenvalue weighted by Gasteiger charge is 2.19. The Morgan fingerprint density at radius 2 is 1.88 bits per heavy atom. The first-order chi connectivity index (χ1) is 7.95. The maximum Gasteiger partial charge on any atom is 0.0576 e. The van der Waals surface area contributed by atoms with Crippen molar-refractivity contribution in [2.45, 2.75) is 57.1 Å². The Hall–Kier alpha value is -0.120. The van der Waals surface area contributed by atoms with Gasteiger partial charge in [-0.15, -0.1) is 0 Å². The van der Waals surface area contributed by atoms with Crippen LogP contribution in [0.3, 0.4) is 0 Å². The maximum absolute atomic E-state index is 5.59. The highest BCUT2D eigenvalue weighted by Crippen LogP contribution is 2.18. The van der Waals surface area contributed by atoms with Gasteiger partial charge in [0.15, 0.2) is 0 Å². The first-order valence-corrected chi connectivity index (χ1v) is 7.01. The van der Waals surface area contributed by atoms with E-state index in [0.717, 1.165) is 25.7 Å². The largest absolute Gasteiger partial charge is 0.378 e. The summed E-state index contributed by atoms with van der Waals surface area (Å²) in [6.45, 7) is 4.49. The van der Waals surface area contributed by atoms with Crippen LogP contribution in [0.1, 0.15) is 44.9 Å². The van der Waals surface area contributed by atoms with Crippen molar-refractivity contribution in [2.75, 3.05) is 26.2 Å². The van der Waals surface area contributed by atoms with Crippen LogP contribution in [0.2, 0.25) is 0 Å². The summed E-state index contributed by atoms with van der Waals surface area (Å²) >= 11 is 0. The fourth-order valence-corrected chi connectivity index (χ4v) is 2.26. The van der Waals surface area contributed by atoms with Gasteiger partial charge in [0.05, 0.1) is 6.10 Å². The van der Waals surface area contributed by atoms with Gasteiger partial charge in [0, 0.05) is 12.6 Å². The predicted molar refractivity (Wildman–Crippen MR) is 66.7 cm³/mol. The van der Waals surface area contributed by atoms with Crippen molar-refractivity contribution in [1.82, 2.24) is 10.6 Å². The summed E-state index contributed by atoms with van der Waals surface area (Å²) in [5.74, 6) is 0. The standard InChI is InChI=1S/C13H26N2O/c1(4-13-5-2-11-16-13)8-14-9-3-10-15-12-6-7-12/h12-15H,1-11H2. The Labute approximate surface area is 99.3 Å². The molecule has 1 aliphatic heterocycles. The smallest absolute Gasteiger partial charge is 0.0576 e. The lowest BCUT2D eigenvalue weighted by atomic mass is 10.1. The first-order valence-electron chi connectivity index (χ1n) is 7.01. The molecule has 0 radical (unpaired) electrons. The molecular weight excluding hydrogens is 200 g/mol. The lowest BCUT2D eigenvalue weighted by molar-refractivity contribution is 0.102. The molecule has 1 unspecified atom stereocenters. The van der Waals surface area contributed by atoms with E-state index in [2.05, 4.69) is 10.6 Å². The molecule has 1 saturated carbocycles.